The van der Waals surface area contributed by atoms with E-state index in [0.717, 1.165) is 44.5 Å². The van der Waals surface area contributed by atoms with E-state index in [0.29, 0.717) is 24.4 Å². The fraction of sp³-hybridized carbons (Fsp3) is 0.611. The second-order valence-corrected chi connectivity index (χ2v) is 8.63. The monoisotopic (exact) mass is 365 g/mol. The van der Waals surface area contributed by atoms with Crippen molar-refractivity contribution in [1.29, 1.82) is 0 Å². The van der Waals surface area contributed by atoms with E-state index >= 15 is 0 Å². The number of rotatable bonds is 6. The predicted molar refractivity (Wildman–Crippen MR) is 98.1 cm³/mol. The summed E-state index contributed by atoms with van der Waals surface area (Å²) >= 11 is 0. The normalized spacial score (nSPS) is 19.8. The molecule has 2 fully saturated rings. The molecule has 0 atom stereocenters. The minimum atomic E-state index is -3.51. The molecule has 2 aliphatic rings. The van der Waals surface area contributed by atoms with Gasteiger partial charge in [-0.1, -0.05) is 6.92 Å². The summed E-state index contributed by atoms with van der Waals surface area (Å²) in [6, 6.07) is 6.84. The lowest BCUT2D eigenvalue weighted by atomic mass is 10.1. The number of hydrogen-bond acceptors (Lipinski definition) is 4. The highest BCUT2D eigenvalue weighted by atomic mass is 32.2. The van der Waals surface area contributed by atoms with Gasteiger partial charge in [0.25, 0.3) is 0 Å². The van der Waals surface area contributed by atoms with Crippen molar-refractivity contribution in [3.8, 4) is 0 Å². The Kier molecular flexibility index (Phi) is 5.76. The van der Waals surface area contributed by atoms with Crippen molar-refractivity contribution < 1.29 is 13.2 Å². The molecule has 1 aromatic carbocycles. The minimum absolute atomic E-state index is 0.0611. The van der Waals surface area contributed by atoms with Crippen LogP contribution < -0.4 is 10.2 Å². The molecule has 1 amide bonds. The van der Waals surface area contributed by atoms with Gasteiger partial charge in [-0.3, -0.25) is 4.79 Å². The Morgan fingerprint density at radius 1 is 1.20 bits per heavy atom. The topological polar surface area (TPSA) is 69.7 Å². The van der Waals surface area contributed by atoms with Gasteiger partial charge in [-0.15, -0.1) is 0 Å². The SMILES string of the molecule is CCCN(C1CCNCC1)S(=O)(=O)c1ccc(N2CCCC2=O)cc1. The summed E-state index contributed by atoms with van der Waals surface area (Å²) in [5.41, 5.74) is 0.783. The lowest BCUT2D eigenvalue weighted by molar-refractivity contribution is -0.117. The first-order valence-corrected chi connectivity index (χ1v) is 10.6. The fourth-order valence-electron chi connectivity index (χ4n) is 3.67. The zero-order valence-corrected chi connectivity index (χ0v) is 15.6. The molecule has 0 saturated carbocycles. The van der Waals surface area contributed by atoms with Crippen LogP contribution >= 0.6 is 0 Å². The van der Waals surface area contributed by atoms with Crippen molar-refractivity contribution in [3.05, 3.63) is 24.3 Å². The van der Waals surface area contributed by atoms with E-state index in [1.54, 1.807) is 33.5 Å². The molecule has 0 bridgehead atoms. The summed E-state index contributed by atoms with van der Waals surface area (Å²) < 4.78 is 28.0. The van der Waals surface area contributed by atoms with Gasteiger partial charge in [0.15, 0.2) is 0 Å². The standard InChI is InChI=1S/C18H27N3O3S/c1-2-13-21(16-9-11-19-12-10-16)25(23,24)17-7-5-15(6-8-17)20-14-3-4-18(20)22/h5-8,16,19H,2-4,9-14H2,1H3. The number of hydrogen-bond donors (Lipinski definition) is 1. The second kappa shape index (κ2) is 7.85. The van der Waals surface area contributed by atoms with Crippen molar-refractivity contribution >= 4 is 21.6 Å². The van der Waals surface area contributed by atoms with Crippen molar-refractivity contribution in [2.24, 2.45) is 0 Å². The van der Waals surface area contributed by atoms with Crippen molar-refractivity contribution in [2.75, 3.05) is 31.1 Å². The van der Waals surface area contributed by atoms with Gasteiger partial charge in [-0.05, 0) is 63.0 Å². The molecule has 0 radical (unpaired) electrons. The van der Waals surface area contributed by atoms with E-state index in [1.807, 2.05) is 6.92 Å². The number of nitrogens with zero attached hydrogens (tertiary/aromatic N) is 2. The van der Waals surface area contributed by atoms with Crippen molar-refractivity contribution in [1.82, 2.24) is 9.62 Å². The number of amides is 1. The number of piperidine rings is 1. The van der Waals surface area contributed by atoms with E-state index in [2.05, 4.69) is 5.32 Å². The van der Waals surface area contributed by atoms with Gasteiger partial charge in [0, 0.05) is 31.2 Å². The van der Waals surface area contributed by atoms with Crippen LogP contribution in [0.2, 0.25) is 0 Å². The minimum Gasteiger partial charge on any atom is -0.317 e. The van der Waals surface area contributed by atoms with Crippen LogP contribution in [-0.4, -0.2) is 50.9 Å². The lowest BCUT2D eigenvalue weighted by Crippen LogP contribution is -2.46. The molecular formula is C18H27N3O3S. The Balaban J connectivity index is 1.83. The average molecular weight is 365 g/mol. The molecule has 2 heterocycles. The van der Waals surface area contributed by atoms with Gasteiger partial charge in [0.2, 0.25) is 15.9 Å². The highest BCUT2D eigenvalue weighted by Gasteiger charge is 2.32. The molecule has 1 N–H and O–H groups in total. The number of sulfonamides is 1. The van der Waals surface area contributed by atoms with Crippen LogP contribution in [0.4, 0.5) is 5.69 Å². The van der Waals surface area contributed by atoms with Crippen molar-refractivity contribution in [3.63, 3.8) is 0 Å². The quantitative estimate of drug-likeness (QED) is 0.837. The van der Waals surface area contributed by atoms with Gasteiger partial charge in [0.1, 0.15) is 0 Å². The van der Waals surface area contributed by atoms with E-state index in [9.17, 15) is 13.2 Å². The molecule has 3 rings (SSSR count). The molecule has 0 unspecified atom stereocenters. The smallest absolute Gasteiger partial charge is 0.243 e. The maximum Gasteiger partial charge on any atom is 0.243 e. The van der Waals surface area contributed by atoms with Gasteiger partial charge < -0.3 is 10.2 Å². The zero-order valence-electron chi connectivity index (χ0n) is 14.8. The van der Waals surface area contributed by atoms with Gasteiger partial charge in [0.05, 0.1) is 4.90 Å². The molecule has 2 aliphatic heterocycles. The highest BCUT2D eigenvalue weighted by Crippen LogP contribution is 2.26. The Hall–Kier alpha value is -1.44. The second-order valence-electron chi connectivity index (χ2n) is 6.74. The van der Waals surface area contributed by atoms with Gasteiger partial charge >= 0.3 is 0 Å². The third-order valence-corrected chi connectivity index (χ3v) is 6.95. The molecule has 25 heavy (non-hydrogen) atoms. The van der Waals surface area contributed by atoms with Crippen LogP contribution in [0.1, 0.15) is 39.0 Å². The highest BCUT2D eigenvalue weighted by molar-refractivity contribution is 7.89. The fourth-order valence-corrected chi connectivity index (χ4v) is 5.45. The molecular weight excluding hydrogens is 338 g/mol. The van der Waals surface area contributed by atoms with Crippen LogP contribution in [0.25, 0.3) is 0 Å². The number of carbonyl (C=O) groups excluding carboxylic acids is 1. The summed E-state index contributed by atoms with van der Waals surface area (Å²) in [6.07, 6.45) is 3.92. The zero-order chi connectivity index (χ0) is 17.9. The Morgan fingerprint density at radius 2 is 1.88 bits per heavy atom. The molecule has 6 nitrogen and oxygen atoms in total. The summed E-state index contributed by atoms with van der Waals surface area (Å²) in [5, 5.41) is 3.29. The van der Waals surface area contributed by atoms with E-state index in [4.69, 9.17) is 0 Å². The molecule has 1 aromatic rings. The number of anilines is 1. The Labute approximate surface area is 150 Å². The van der Waals surface area contributed by atoms with Crippen LogP contribution in [0.5, 0.6) is 0 Å². The lowest BCUT2D eigenvalue weighted by Gasteiger charge is -2.33. The number of nitrogens with one attached hydrogen (secondary N) is 1. The first-order valence-electron chi connectivity index (χ1n) is 9.17. The molecule has 0 aromatic heterocycles. The van der Waals surface area contributed by atoms with Crippen LogP contribution in [0.15, 0.2) is 29.2 Å². The Morgan fingerprint density at radius 3 is 2.44 bits per heavy atom. The largest absolute Gasteiger partial charge is 0.317 e. The third kappa shape index (κ3) is 3.88. The Bertz CT molecular complexity index is 697. The predicted octanol–water partition coefficient (Wildman–Crippen LogP) is 1.97. The van der Waals surface area contributed by atoms with E-state index in [1.165, 1.54) is 0 Å². The van der Waals surface area contributed by atoms with Crippen LogP contribution in [0.3, 0.4) is 0 Å². The maximum atomic E-state index is 13.1. The van der Waals surface area contributed by atoms with E-state index < -0.39 is 10.0 Å². The first-order chi connectivity index (χ1) is 12.0. The van der Waals surface area contributed by atoms with Crippen molar-refractivity contribution in [2.45, 2.75) is 50.0 Å². The number of carbonyl (C=O) groups is 1. The number of benzene rings is 1. The molecule has 7 heteroatoms. The summed E-state index contributed by atoms with van der Waals surface area (Å²) in [5.74, 6) is 0.109. The molecule has 2 saturated heterocycles. The van der Waals surface area contributed by atoms with Gasteiger partial charge in [-0.2, -0.15) is 4.31 Å². The third-order valence-electron chi connectivity index (χ3n) is 4.99. The first kappa shape index (κ1) is 18.4. The maximum absolute atomic E-state index is 13.1. The molecule has 138 valence electrons. The average Bonchev–Trinajstić information content (AvgIpc) is 3.06. The van der Waals surface area contributed by atoms with Crippen LogP contribution in [-0.2, 0) is 14.8 Å². The summed E-state index contributed by atoms with van der Waals surface area (Å²) in [6.45, 7) is 4.97. The van der Waals surface area contributed by atoms with Gasteiger partial charge in [-0.25, -0.2) is 8.42 Å². The molecule has 0 aliphatic carbocycles. The summed E-state index contributed by atoms with van der Waals surface area (Å²) in [7, 11) is -3.51. The van der Waals surface area contributed by atoms with Crippen LogP contribution in [0, 0.1) is 0 Å². The summed E-state index contributed by atoms with van der Waals surface area (Å²) in [4.78, 5) is 13.9. The molecule has 0 spiro atoms. The van der Waals surface area contributed by atoms with E-state index in [-0.39, 0.29) is 11.9 Å².